The molecule has 1 aromatic rings. The van der Waals surface area contributed by atoms with Crippen molar-refractivity contribution in [2.75, 3.05) is 6.79 Å². The van der Waals surface area contributed by atoms with Crippen LogP contribution in [0.5, 0.6) is 11.5 Å². The molecular formula is C12H13NO5. The van der Waals surface area contributed by atoms with Crippen molar-refractivity contribution in [3.05, 3.63) is 23.8 Å². The van der Waals surface area contributed by atoms with Crippen LogP contribution >= 0.6 is 0 Å². The van der Waals surface area contributed by atoms with E-state index < -0.39 is 17.3 Å². The summed E-state index contributed by atoms with van der Waals surface area (Å²) in [7, 11) is 0. The van der Waals surface area contributed by atoms with Crippen molar-refractivity contribution < 1.29 is 24.2 Å². The van der Waals surface area contributed by atoms with Gasteiger partial charge in [-0.3, -0.25) is 9.59 Å². The molecule has 0 saturated carbocycles. The Kier molecular flexibility index (Phi) is 2.86. The van der Waals surface area contributed by atoms with Crippen molar-refractivity contribution >= 4 is 11.9 Å². The molecule has 0 aliphatic carbocycles. The fraction of sp³-hybridized carbons (Fsp3) is 0.333. The van der Waals surface area contributed by atoms with Gasteiger partial charge in [-0.05, 0) is 31.0 Å². The molecule has 6 heteroatoms. The van der Waals surface area contributed by atoms with Crippen LogP contribution in [0.1, 0.15) is 12.5 Å². The highest BCUT2D eigenvalue weighted by molar-refractivity contribution is 6.00. The second kappa shape index (κ2) is 4.21. The molecule has 96 valence electrons. The summed E-state index contributed by atoms with van der Waals surface area (Å²) in [6.45, 7) is 1.45. The van der Waals surface area contributed by atoms with Crippen LogP contribution in [-0.2, 0) is 16.0 Å². The van der Waals surface area contributed by atoms with Gasteiger partial charge in [-0.2, -0.15) is 0 Å². The number of hydrogen-bond donors (Lipinski definition) is 2. The summed E-state index contributed by atoms with van der Waals surface area (Å²) in [6, 6.07) is 5.03. The fourth-order valence-corrected chi connectivity index (χ4v) is 1.73. The number of ether oxygens (including phenoxy) is 2. The zero-order chi connectivity index (χ0) is 13.3. The quantitative estimate of drug-likeness (QED) is 0.760. The largest absolute Gasteiger partial charge is 0.480 e. The number of carboxylic acids is 1. The average molecular weight is 251 g/mol. The Morgan fingerprint density at radius 3 is 2.67 bits per heavy atom. The van der Waals surface area contributed by atoms with E-state index in [0.717, 1.165) is 0 Å². The van der Waals surface area contributed by atoms with Gasteiger partial charge in [0.05, 0.1) is 0 Å². The summed E-state index contributed by atoms with van der Waals surface area (Å²) in [5, 5.41) is 9.10. The number of carboxylic acid groups (broad SMARTS) is 1. The number of benzene rings is 1. The van der Waals surface area contributed by atoms with Crippen molar-refractivity contribution in [3.8, 4) is 11.5 Å². The third kappa shape index (κ3) is 1.97. The maximum absolute atomic E-state index is 11.3. The molecule has 0 radical (unpaired) electrons. The molecule has 1 amide bonds. The third-order valence-corrected chi connectivity index (χ3v) is 3.01. The number of fused-ring (bicyclic) bond motifs is 1. The SMILES string of the molecule is CC(Cc1ccc2c(c1)OCO2)(C(N)=O)C(=O)O. The molecular weight excluding hydrogens is 238 g/mol. The van der Waals surface area contributed by atoms with Crippen LogP contribution in [0.15, 0.2) is 18.2 Å². The van der Waals surface area contributed by atoms with E-state index in [1.165, 1.54) is 6.92 Å². The van der Waals surface area contributed by atoms with Gasteiger partial charge in [-0.15, -0.1) is 0 Å². The van der Waals surface area contributed by atoms with Gasteiger partial charge in [0.15, 0.2) is 11.5 Å². The lowest BCUT2D eigenvalue weighted by Gasteiger charge is -2.20. The van der Waals surface area contributed by atoms with Gasteiger partial charge in [0.25, 0.3) is 0 Å². The van der Waals surface area contributed by atoms with Crippen LogP contribution in [-0.4, -0.2) is 23.8 Å². The molecule has 1 aliphatic heterocycles. The molecule has 18 heavy (non-hydrogen) atoms. The third-order valence-electron chi connectivity index (χ3n) is 3.01. The van der Waals surface area contributed by atoms with E-state index in [9.17, 15) is 9.59 Å². The first-order chi connectivity index (χ1) is 8.43. The van der Waals surface area contributed by atoms with E-state index in [-0.39, 0.29) is 13.2 Å². The molecule has 1 unspecified atom stereocenters. The molecule has 0 saturated heterocycles. The number of primary amides is 1. The Balaban J connectivity index is 2.28. The lowest BCUT2D eigenvalue weighted by Crippen LogP contribution is -2.43. The summed E-state index contributed by atoms with van der Waals surface area (Å²) in [4.78, 5) is 22.4. The van der Waals surface area contributed by atoms with Crippen molar-refractivity contribution in [1.82, 2.24) is 0 Å². The Hall–Kier alpha value is -2.24. The fourth-order valence-electron chi connectivity index (χ4n) is 1.73. The van der Waals surface area contributed by atoms with E-state index in [1.807, 2.05) is 0 Å². The number of hydrogen-bond acceptors (Lipinski definition) is 4. The van der Waals surface area contributed by atoms with E-state index in [4.69, 9.17) is 20.3 Å². The van der Waals surface area contributed by atoms with Crippen molar-refractivity contribution in [3.63, 3.8) is 0 Å². The van der Waals surface area contributed by atoms with Crippen LogP contribution < -0.4 is 15.2 Å². The van der Waals surface area contributed by atoms with Gasteiger partial charge in [0.2, 0.25) is 12.7 Å². The van der Waals surface area contributed by atoms with Crippen LogP contribution in [0.4, 0.5) is 0 Å². The smallest absolute Gasteiger partial charge is 0.319 e. The number of rotatable bonds is 4. The van der Waals surface area contributed by atoms with Gasteiger partial charge in [-0.25, -0.2) is 0 Å². The minimum atomic E-state index is -1.63. The zero-order valence-corrected chi connectivity index (χ0v) is 9.80. The van der Waals surface area contributed by atoms with Crippen LogP contribution in [0, 0.1) is 5.41 Å². The average Bonchev–Trinajstić information content (AvgIpc) is 2.75. The van der Waals surface area contributed by atoms with Crippen molar-refractivity contribution in [1.29, 1.82) is 0 Å². The standard InChI is InChI=1S/C12H13NO5/c1-12(10(13)14,11(15)16)5-7-2-3-8-9(4-7)18-6-17-8/h2-4H,5-6H2,1H3,(H2,13,14)(H,15,16). The molecule has 1 atom stereocenters. The van der Waals surface area contributed by atoms with Gasteiger partial charge < -0.3 is 20.3 Å². The minimum absolute atomic E-state index is 0.00824. The molecule has 0 fully saturated rings. The summed E-state index contributed by atoms with van der Waals surface area (Å²) in [5.74, 6) is -0.958. The number of nitrogens with two attached hydrogens (primary N) is 1. The maximum Gasteiger partial charge on any atom is 0.319 e. The number of amides is 1. The van der Waals surface area contributed by atoms with Crippen molar-refractivity contribution in [2.24, 2.45) is 11.1 Å². The second-order valence-corrected chi connectivity index (χ2v) is 4.37. The lowest BCUT2D eigenvalue weighted by atomic mass is 9.83. The molecule has 0 spiro atoms. The van der Waals surface area contributed by atoms with Crippen LogP contribution in [0.2, 0.25) is 0 Å². The lowest BCUT2D eigenvalue weighted by molar-refractivity contribution is -0.153. The van der Waals surface area contributed by atoms with Crippen molar-refractivity contribution in [2.45, 2.75) is 13.3 Å². The van der Waals surface area contributed by atoms with E-state index in [1.54, 1.807) is 18.2 Å². The molecule has 2 rings (SSSR count). The van der Waals surface area contributed by atoms with Gasteiger partial charge in [0.1, 0.15) is 5.41 Å². The Morgan fingerprint density at radius 2 is 2.06 bits per heavy atom. The predicted octanol–water partition coefficient (Wildman–Crippen LogP) is 0.534. The Bertz CT molecular complexity index is 497. The Labute approximate surface area is 103 Å². The maximum atomic E-state index is 11.3. The first kappa shape index (κ1) is 12.2. The second-order valence-electron chi connectivity index (χ2n) is 4.37. The highest BCUT2D eigenvalue weighted by Crippen LogP contribution is 2.34. The summed E-state index contributed by atoms with van der Waals surface area (Å²) >= 11 is 0. The minimum Gasteiger partial charge on any atom is -0.480 e. The molecule has 1 aliphatic rings. The topological polar surface area (TPSA) is 98.9 Å². The monoisotopic (exact) mass is 251 g/mol. The number of carbonyl (C=O) groups excluding carboxylic acids is 1. The molecule has 0 aromatic heterocycles. The normalized spacial score (nSPS) is 16.1. The van der Waals surface area contributed by atoms with Gasteiger partial charge in [0, 0.05) is 0 Å². The van der Waals surface area contributed by atoms with Gasteiger partial charge in [-0.1, -0.05) is 6.07 Å². The van der Waals surface area contributed by atoms with Crippen LogP contribution in [0.3, 0.4) is 0 Å². The van der Waals surface area contributed by atoms with E-state index >= 15 is 0 Å². The zero-order valence-electron chi connectivity index (χ0n) is 9.80. The molecule has 6 nitrogen and oxygen atoms in total. The Morgan fingerprint density at radius 1 is 1.39 bits per heavy atom. The molecule has 1 aromatic carbocycles. The summed E-state index contributed by atoms with van der Waals surface area (Å²) in [6.07, 6.45) is 0.00824. The van der Waals surface area contributed by atoms with E-state index in [0.29, 0.717) is 17.1 Å². The molecule has 3 N–H and O–H groups in total. The summed E-state index contributed by atoms with van der Waals surface area (Å²) in [5.41, 5.74) is 4.18. The molecule has 0 bridgehead atoms. The first-order valence-electron chi connectivity index (χ1n) is 5.35. The highest BCUT2D eigenvalue weighted by atomic mass is 16.7. The number of carbonyl (C=O) groups is 2. The van der Waals surface area contributed by atoms with Gasteiger partial charge >= 0.3 is 5.97 Å². The van der Waals surface area contributed by atoms with Crippen LogP contribution in [0.25, 0.3) is 0 Å². The first-order valence-corrected chi connectivity index (χ1v) is 5.35. The molecule has 1 heterocycles. The summed E-state index contributed by atoms with van der Waals surface area (Å²) < 4.78 is 10.3. The number of aliphatic carboxylic acids is 1. The highest BCUT2D eigenvalue weighted by Gasteiger charge is 2.40. The predicted molar refractivity (Wildman–Crippen MR) is 61.2 cm³/mol. The van der Waals surface area contributed by atoms with E-state index in [2.05, 4.69) is 0 Å².